The van der Waals surface area contributed by atoms with E-state index in [0.717, 1.165) is 17.8 Å². The van der Waals surface area contributed by atoms with E-state index in [1.807, 2.05) is 12.1 Å². The molecule has 0 bridgehead atoms. The number of rotatable bonds is 6. The van der Waals surface area contributed by atoms with E-state index in [2.05, 4.69) is 12.7 Å². The van der Waals surface area contributed by atoms with Crippen LogP contribution in [-0.2, 0) is 0 Å². The molecule has 1 aromatic carbocycles. The topological polar surface area (TPSA) is 0 Å². The highest BCUT2D eigenvalue weighted by molar-refractivity contribution is 5.20. The van der Waals surface area contributed by atoms with Crippen molar-refractivity contribution < 1.29 is 4.39 Å². The van der Waals surface area contributed by atoms with Crippen LogP contribution in [0.1, 0.15) is 82.1 Å². The van der Waals surface area contributed by atoms with Crippen molar-refractivity contribution in [3.05, 3.63) is 48.3 Å². The predicted octanol–water partition coefficient (Wildman–Crippen LogP) is 7.26. The number of unbranched alkanes of at least 4 members (excludes halogenated alkanes) is 1. The maximum Gasteiger partial charge on any atom is 0.123 e. The fourth-order valence-electron chi connectivity index (χ4n) is 5.16. The smallest absolute Gasteiger partial charge is 0.123 e. The molecule has 2 fully saturated rings. The molecule has 0 radical (unpaired) electrons. The van der Waals surface area contributed by atoms with Crippen LogP contribution < -0.4 is 0 Å². The summed E-state index contributed by atoms with van der Waals surface area (Å²) in [7, 11) is 0. The Kier molecular flexibility index (Phi) is 6.51. The zero-order valence-electron chi connectivity index (χ0n) is 15.1. The van der Waals surface area contributed by atoms with Crippen molar-refractivity contribution in [1.82, 2.24) is 0 Å². The van der Waals surface area contributed by atoms with Gasteiger partial charge >= 0.3 is 0 Å². The van der Waals surface area contributed by atoms with Crippen LogP contribution in [0, 0.1) is 23.6 Å². The van der Waals surface area contributed by atoms with Crippen LogP contribution in [0.15, 0.2) is 36.9 Å². The highest BCUT2D eigenvalue weighted by atomic mass is 19.1. The zero-order valence-corrected chi connectivity index (χ0v) is 15.1. The molecule has 2 aliphatic rings. The highest BCUT2D eigenvalue weighted by Gasteiger charge is 2.31. The van der Waals surface area contributed by atoms with Gasteiger partial charge in [0.05, 0.1) is 0 Å². The molecule has 24 heavy (non-hydrogen) atoms. The third-order valence-corrected chi connectivity index (χ3v) is 6.69. The fraction of sp³-hybridized carbons (Fsp3) is 0.652. The first kappa shape index (κ1) is 17.7. The number of benzene rings is 1. The average Bonchev–Trinajstić information content (AvgIpc) is 2.63. The Morgan fingerprint density at radius 3 is 2.04 bits per heavy atom. The first-order chi connectivity index (χ1) is 11.8. The molecule has 3 rings (SSSR count). The number of hydrogen-bond donors (Lipinski definition) is 0. The van der Waals surface area contributed by atoms with Crippen molar-refractivity contribution in [1.29, 1.82) is 0 Å². The third-order valence-electron chi connectivity index (χ3n) is 6.69. The predicted molar refractivity (Wildman–Crippen MR) is 101 cm³/mol. The second-order valence-corrected chi connectivity index (χ2v) is 8.16. The molecule has 2 saturated carbocycles. The summed E-state index contributed by atoms with van der Waals surface area (Å²) in [5, 5.41) is 0. The molecule has 0 heterocycles. The minimum atomic E-state index is -0.114. The van der Waals surface area contributed by atoms with Crippen LogP contribution in [0.5, 0.6) is 0 Å². The van der Waals surface area contributed by atoms with Gasteiger partial charge in [0.25, 0.3) is 0 Å². The molecule has 1 aromatic rings. The second kappa shape index (κ2) is 8.83. The van der Waals surface area contributed by atoms with Crippen LogP contribution in [0.25, 0.3) is 0 Å². The van der Waals surface area contributed by atoms with E-state index in [1.54, 1.807) is 12.1 Å². The van der Waals surface area contributed by atoms with Crippen molar-refractivity contribution in [2.45, 2.75) is 76.5 Å². The van der Waals surface area contributed by atoms with Gasteiger partial charge < -0.3 is 0 Å². The summed E-state index contributed by atoms with van der Waals surface area (Å²) in [4.78, 5) is 0. The van der Waals surface area contributed by atoms with Gasteiger partial charge in [-0.05, 0) is 92.7 Å². The summed E-state index contributed by atoms with van der Waals surface area (Å²) >= 11 is 0. The third kappa shape index (κ3) is 4.71. The van der Waals surface area contributed by atoms with E-state index in [0.29, 0.717) is 5.92 Å². The lowest BCUT2D eigenvalue weighted by molar-refractivity contribution is 0.156. The summed E-state index contributed by atoms with van der Waals surface area (Å²) in [5.41, 5.74) is 1.35. The van der Waals surface area contributed by atoms with Gasteiger partial charge in [0.2, 0.25) is 0 Å². The first-order valence-corrected chi connectivity index (χ1v) is 10.1. The van der Waals surface area contributed by atoms with Crippen molar-refractivity contribution >= 4 is 0 Å². The number of hydrogen-bond acceptors (Lipinski definition) is 0. The summed E-state index contributed by atoms with van der Waals surface area (Å²) in [6.45, 7) is 3.83. The number of halogens is 1. The van der Waals surface area contributed by atoms with Gasteiger partial charge in [-0.2, -0.15) is 0 Å². The van der Waals surface area contributed by atoms with Crippen molar-refractivity contribution in [2.24, 2.45) is 17.8 Å². The highest BCUT2D eigenvalue weighted by Crippen LogP contribution is 2.44. The largest absolute Gasteiger partial charge is 0.207 e. The van der Waals surface area contributed by atoms with Gasteiger partial charge in [-0.1, -0.05) is 37.5 Å². The minimum absolute atomic E-state index is 0.114. The minimum Gasteiger partial charge on any atom is -0.207 e. The van der Waals surface area contributed by atoms with E-state index in [9.17, 15) is 4.39 Å². The van der Waals surface area contributed by atoms with Gasteiger partial charge in [0.1, 0.15) is 5.82 Å². The standard InChI is InChI=1S/C23H33F/c1-2-3-4-5-18-6-8-19(9-7-18)20-10-12-21(13-11-20)22-14-16-23(24)17-15-22/h2,14-21H,1,3-13H2/t18-,19-,20?,21?. The summed E-state index contributed by atoms with van der Waals surface area (Å²) in [6, 6.07) is 7.23. The molecule has 0 amide bonds. The van der Waals surface area contributed by atoms with Gasteiger partial charge in [-0.25, -0.2) is 4.39 Å². The van der Waals surface area contributed by atoms with Gasteiger partial charge in [0.15, 0.2) is 0 Å². The molecular weight excluding hydrogens is 295 g/mol. The maximum absolute atomic E-state index is 13.1. The molecule has 0 atom stereocenters. The van der Waals surface area contributed by atoms with Crippen LogP contribution in [-0.4, -0.2) is 0 Å². The van der Waals surface area contributed by atoms with Gasteiger partial charge in [-0.15, -0.1) is 6.58 Å². The Balaban J connectivity index is 1.41. The van der Waals surface area contributed by atoms with Crippen LogP contribution in [0.4, 0.5) is 4.39 Å². The lowest BCUT2D eigenvalue weighted by Crippen LogP contribution is -2.25. The second-order valence-electron chi connectivity index (χ2n) is 8.16. The molecule has 0 unspecified atom stereocenters. The van der Waals surface area contributed by atoms with Gasteiger partial charge in [0, 0.05) is 0 Å². The molecule has 132 valence electrons. The van der Waals surface area contributed by atoms with E-state index < -0.39 is 0 Å². The summed E-state index contributed by atoms with van der Waals surface area (Å²) < 4.78 is 13.1. The molecular formula is C23H33F. The molecule has 1 heteroatoms. The molecule has 0 N–H and O–H groups in total. The SMILES string of the molecule is C=CCCC[C@H]1CC[C@H](C2CCC(c3ccc(F)cc3)CC2)CC1. The molecule has 0 saturated heterocycles. The summed E-state index contributed by atoms with van der Waals surface area (Å²) in [6.07, 6.45) is 17.2. The molecule has 2 aliphatic carbocycles. The fourth-order valence-corrected chi connectivity index (χ4v) is 5.16. The normalized spacial score (nSPS) is 30.9. The van der Waals surface area contributed by atoms with E-state index in [-0.39, 0.29) is 5.82 Å². The maximum atomic E-state index is 13.1. The summed E-state index contributed by atoms with van der Waals surface area (Å²) in [5.74, 6) is 3.47. The van der Waals surface area contributed by atoms with Crippen molar-refractivity contribution in [2.75, 3.05) is 0 Å². The lowest BCUT2D eigenvalue weighted by atomic mass is 9.68. The number of allylic oxidation sites excluding steroid dienone is 1. The Hall–Kier alpha value is -1.11. The lowest BCUT2D eigenvalue weighted by Gasteiger charge is -2.38. The zero-order chi connectivity index (χ0) is 16.8. The van der Waals surface area contributed by atoms with Crippen LogP contribution in [0.2, 0.25) is 0 Å². The quantitative estimate of drug-likeness (QED) is 0.381. The Morgan fingerprint density at radius 1 is 0.875 bits per heavy atom. The Morgan fingerprint density at radius 2 is 1.46 bits per heavy atom. The van der Waals surface area contributed by atoms with Crippen LogP contribution >= 0.6 is 0 Å². The Labute approximate surface area is 147 Å². The first-order valence-electron chi connectivity index (χ1n) is 10.1. The van der Waals surface area contributed by atoms with Gasteiger partial charge in [-0.3, -0.25) is 0 Å². The van der Waals surface area contributed by atoms with E-state index >= 15 is 0 Å². The average molecular weight is 329 g/mol. The van der Waals surface area contributed by atoms with Crippen molar-refractivity contribution in [3.8, 4) is 0 Å². The molecule has 0 aromatic heterocycles. The Bertz CT molecular complexity index is 487. The van der Waals surface area contributed by atoms with E-state index in [4.69, 9.17) is 0 Å². The molecule has 0 aliphatic heterocycles. The molecule has 0 spiro atoms. The van der Waals surface area contributed by atoms with E-state index in [1.165, 1.54) is 76.2 Å². The molecule has 0 nitrogen and oxygen atoms in total. The monoisotopic (exact) mass is 328 g/mol. The van der Waals surface area contributed by atoms with Crippen LogP contribution in [0.3, 0.4) is 0 Å². The van der Waals surface area contributed by atoms with Crippen molar-refractivity contribution in [3.63, 3.8) is 0 Å².